The van der Waals surface area contributed by atoms with Gasteiger partial charge in [0, 0.05) is 43.7 Å². The van der Waals surface area contributed by atoms with Gasteiger partial charge in [0.05, 0.1) is 4.90 Å². The van der Waals surface area contributed by atoms with E-state index in [0.717, 1.165) is 11.3 Å². The normalized spacial score (nSPS) is 20.9. The Morgan fingerprint density at radius 2 is 1.61 bits per heavy atom. The predicted molar refractivity (Wildman–Crippen MR) is 109 cm³/mol. The first-order valence-corrected chi connectivity index (χ1v) is 10.9. The Hall–Kier alpha value is -2.41. The molecule has 1 N–H and O–H groups in total. The molecular weight excluding hydrogens is 372 g/mol. The van der Waals surface area contributed by atoms with E-state index >= 15 is 0 Å². The Labute approximate surface area is 165 Å². The average molecular weight is 397 g/mol. The molecule has 0 aliphatic carbocycles. The molecule has 2 heterocycles. The first-order chi connectivity index (χ1) is 13.6. The number of aromatic nitrogens is 1. The fourth-order valence-electron chi connectivity index (χ4n) is 3.99. The van der Waals surface area contributed by atoms with Gasteiger partial charge >= 0.3 is 0 Å². The van der Waals surface area contributed by atoms with Crippen LogP contribution >= 0.6 is 0 Å². The summed E-state index contributed by atoms with van der Waals surface area (Å²) in [6.45, 7) is 0.758. The van der Waals surface area contributed by atoms with Crippen molar-refractivity contribution in [3.05, 3.63) is 84.7 Å². The highest BCUT2D eigenvalue weighted by molar-refractivity contribution is 7.89. The number of nitrogens with zero attached hydrogens (tertiary/aromatic N) is 2. The fraction of sp³-hybridized carbons (Fsp3) is 0.273. The number of rotatable bonds is 5. The predicted octanol–water partition coefficient (Wildman–Crippen LogP) is 3.26. The summed E-state index contributed by atoms with van der Waals surface area (Å²) >= 11 is 0. The van der Waals surface area contributed by atoms with Crippen LogP contribution in [-0.2, 0) is 10.0 Å². The zero-order valence-electron chi connectivity index (χ0n) is 15.6. The van der Waals surface area contributed by atoms with Crippen LogP contribution in [0.5, 0.6) is 0 Å². The van der Waals surface area contributed by atoms with Gasteiger partial charge in [-0.2, -0.15) is 4.31 Å². The van der Waals surface area contributed by atoms with E-state index in [2.05, 4.69) is 12.1 Å². The van der Waals surface area contributed by atoms with Crippen molar-refractivity contribution in [3.63, 3.8) is 0 Å². The van der Waals surface area contributed by atoms with E-state index in [-0.39, 0.29) is 18.4 Å². The van der Waals surface area contributed by atoms with Gasteiger partial charge in [0.15, 0.2) is 0 Å². The monoisotopic (exact) mass is 396 g/mol. The second-order valence-corrected chi connectivity index (χ2v) is 9.13. The number of aliphatic hydroxyl groups is 1. The minimum absolute atomic E-state index is 0.0296. The summed E-state index contributed by atoms with van der Waals surface area (Å²) in [4.78, 5) is 0.290. The van der Waals surface area contributed by atoms with Crippen molar-refractivity contribution in [1.29, 1.82) is 0 Å². The van der Waals surface area contributed by atoms with Crippen LogP contribution in [0.2, 0.25) is 0 Å². The molecule has 0 saturated carbocycles. The molecule has 28 heavy (non-hydrogen) atoms. The smallest absolute Gasteiger partial charge is 0.243 e. The first-order valence-electron chi connectivity index (χ1n) is 9.49. The maximum Gasteiger partial charge on any atom is 0.243 e. The molecule has 5 nitrogen and oxygen atoms in total. The lowest BCUT2D eigenvalue weighted by Gasteiger charge is -2.37. The number of hydrogen-bond acceptors (Lipinski definition) is 3. The summed E-state index contributed by atoms with van der Waals surface area (Å²) in [5.74, 6) is 0.0684. The molecule has 0 spiro atoms. The van der Waals surface area contributed by atoms with Crippen LogP contribution in [0.15, 0.2) is 84.0 Å². The lowest BCUT2D eigenvalue weighted by molar-refractivity contribution is 0.144. The molecule has 1 aromatic heterocycles. The summed E-state index contributed by atoms with van der Waals surface area (Å²) in [5, 5.41) is 9.89. The molecule has 6 heteroatoms. The Balaban J connectivity index is 1.53. The lowest BCUT2D eigenvalue weighted by Crippen LogP contribution is -2.44. The van der Waals surface area contributed by atoms with E-state index < -0.39 is 10.0 Å². The van der Waals surface area contributed by atoms with Gasteiger partial charge in [0.25, 0.3) is 0 Å². The average Bonchev–Trinajstić information content (AvgIpc) is 3.29. The minimum Gasteiger partial charge on any atom is -0.396 e. The van der Waals surface area contributed by atoms with Gasteiger partial charge in [-0.05, 0) is 54.3 Å². The number of hydrogen-bond donors (Lipinski definition) is 1. The molecule has 1 aliphatic rings. The molecule has 4 rings (SSSR count). The molecule has 3 aromatic rings. The second kappa shape index (κ2) is 7.91. The van der Waals surface area contributed by atoms with Crippen LogP contribution in [0.3, 0.4) is 0 Å². The first kappa shape index (κ1) is 18.9. The quantitative estimate of drug-likeness (QED) is 0.720. The van der Waals surface area contributed by atoms with Crippen molar-refractivity contribution >= 4 is 10.0 Å². The molecule has 2 atom stereocenters. The molecule has 0 amide bonds. The van der Waals surface area contributed by atoms with Gasteiger partial charge in [-0.1, -0.05) is 30.3 Å². The van der Waals surface area contributed by atoms with Crippen LogP contribution in [-0.4, -0.2) is 42.1 Å². The van der Waals surface area contributed by atoms with Gasteiger partial charge in [-0.15, -0.1) is 0 Å². The van der Waals surface area contributed by atoms with Crippen molar-refractivity contribution in [3.8, 4) is 5.69 Å². The van der Waals surface area contributed by atoms with Gasteiger partial charge in [-0.25, -0.2) is 8.42 Å². The number of aliphatic hydroxyl groups excluding tert-OH is 1. The summed E-state index contributed by atoms with van der Waals surface area (Å²) in [7, 11) is -3.58. The Morgan fingerprint density at radius 3 is 2.25 bits per heavy atom. The Morgan fingerprint density at radius 1 is 0.929 bits per heavy atom. The lowest BCUT2D eigenvalue weighted by atomic mass is 9.82. The zero-order chi connectivity index (χ0) is 19.6. The highest BCUT2D eigenvalue weighted by Gasteiger charge is 2.35. The molecular formula is C22H24N2O3S. The molecule has 1 fully saturated rings. The Bertz CT molecular complexity index is 1000. The van der Waals surface area contributed by atoms with Crippen LogP contribution in [0.4, 0.5) is 0 Å². The highest BCUT2D eigenvalue weighted by atomic mass is 32.2. The number of piperidine rings is 1. The molecule has 0 unspecified atom stereocenters. The summed E-state index contributed by atoms with van der Waals surface area (Å²) in [6.07, 6.45) is 4.54. The fourth-order valence-corrected chi connectivity index (χ4v) is 5.50. The van der Waals surface area contributed by atoms with E-state index in [4.69, 9.17) is 0 Å². The highest BCUT2D eigenvalue weighted by Crippen LogP contribution is 2.35. The molecule has 146 valence electrons. The topological polar surface area (TPSA) is 62.5 Å². The van der Waals surface area contributed by atoms with Crippen LogP contribution in [0.1, 0.15) is 17.9 Å². The minimum atomic E-state index is -3.58. The summed E-state index contributed by atoms with van der Waals surface area (Å²) in [5.41, 5.74) is 2.08. The van der Waals surface area contributed by atoms with Crippen molar-refractivity contribution in [2.45, 2.75) is 17.2 Å². The third-order valence-electron chi connectivity index (χ3n) is 5.54. The molecule has 0 radical (unpaired) electrons. The largest absolute Gasteiger partial charge is 0.396 e. The van der Waals surface area contributed by atoms with Crippen molar-refractivity contribution < 1.29 is 13.5 Å². The standard InChI is InChI=1S/C22H24N2O3S/c25-17-19-16-24(15-12-22(19)18-6-2-1-3-7-18)28(26,27)21-10-8-20(9-11-21)23-13-4-5-14-23/h1-11,13-14,19,22,25H,12,15-17H2/t19-,22+/m1/s1. The number of sulfonamides is 1. The van der Waals surface area contributed by atoms with E-state index in [1.807, 2.05) is 59.4 Å². The molecule has 1 aliphatic heterocycles. The van der Waals surface area contributed by atoms with E-state index in [1.165, 1.54) is 4.31 Å². The van der Waals surface area contributed by atoms with E-state index in [0.29, 0.717) is 24.4 Å². The summed E-state index contributed by atoms with van der Waals surface area (Å²) < 4.78 is 29.7. The van der Waals surface area contributed by atoms with Crippen molar-refractivity contribution in [2.24, 2.45) is 5.92 Å². The van der Waals surface area contributed by atoms with Gasteiger partial charge in [-0.3, -0.25) is 0 Å². The molecule has 1 saturated heterocycles. The van der Waals surface area contributed by atoms with Gasteiger partial charge in [0.1, 0.15) is 0 Å². The van der Waals surface area contributed by atoms with Crippen molar-refractivity contribution in [1.82, 2.24) is 8.87 Å². The maximum absolute atomic E-state index is 13.1. The Kier molecular flexibility index (Phi) is 5.35. The van der Waals surface area contributed by atoms with E-state index in [9.17, 15) is 13.5 Å². The van der Waals surface area contributed by atoms with Gasteiger partial charge < -0.3 is 9.67 Å². The summed E-state index contributed by atoms with van der Waals surface area (Å²) in [6, 6.07) is 20.8. The molecule has 2 aromatic carbocycles. The van der Waals surface area contributed by atoms with Crippen LogP contribution in [0.25, 0.3) is 5.69 Å². The third-order valence-corrected chi connectivity index (χ3v) is 7.42. The SMILES string of the molecule is O=S(=O)(c1ccc(-n2cccc2)cc1)N1CC[C@@H](c2ccccc2)[C@@H](CO)C1. The maximum atomic E-state index is 13.1. The van der Waals surface area contributed by atoms with Crippen LogP contribution < -0.4 is 0 Å². The van der Waals surface area contributed by atoms with Gasteiger partial charge in [0.2, 0.25) is 10.0 Å². The third kappa shape index (κ3) is 3.63. The second-order valence-electron chi connectivity index (χ2n) is 7.20. The van der Waals surface area contributed by atoms with Crippen molar-refractivity contribution in [2.75, 3.05) is 19.7 Å². The number of benzene rings is 2. The zero-order valence-corrected chi connectivity index (χ0v) is 16.4. The molecule has 0 bridgehead atoms. The van der Waals surface area contributed by atoms with E-state index in [1.54, 1.807) is 12.1 Å². The van der Waals surface area contributed by atoms with Crippen LogP contribution in [0, 0.1) is 5.92 Å².